The van der Waals surface area contributed by atoms with Gasteiger partial charge >= 0.3 is 0 Å². The number of amides is 1. The molecule has 0 aliphatic carbocycles. The Bertz CT molecular complexity index is 661. The molecule has 0 saturated heterocycles. The summed E-state index contributed by atoms with van der Waals surface area (Å²) in [5.74, 6) is 0.00805. The number of rotatable bonds is 7. The van der Waals surface area contributed by atoms with Gasteiger partial charge in [0.1, 0.15) is 0 Å². The van der Waals surface area contributed by atoms with Crippen molar-refractivity contribution in [3.05, 3.63) is 65.7 Å². The van der Waals surface area contributed by atoms with E-state index in [1.807, 2.05) is 56.3 Å². The van der Waals surface area contributed by atoms with Crippen LogP contribution in [0.3, 0.4) is 0 Å². The fourth-order valence-corrected chi connectivity index (χ4v) is 2.73. The summed E-state index contributed by atoms with van der Waals surface area (Å²) in [6, 6.07) is 18.0. The highest BCUT2D eigenvalue weighted by molar-refractivity contribution is 5.98. The SMILES string of the molecule is CCN(CC)Cc1cccc(NC(=O)C(C)(C)c2ccccc2)c1. The smallest absolute Gasteiger partial charge is 0.234 e. The van der Waals surface area contributed by atoms with Crippen LogP contribution in [0.4, 0.5) is 5.69 Å². The number of nitrogens with one attached hydrogen (secondary N) is 1. The molecule has 0 aliphatic heterocycles. The average Bonchev–Trinajstić information content (AvgIpc) is 2.60. The van der Waals surface area contributed by atoms with E-state index in [1.54, 1.807) is 0 Å². The molecule has 0 fully saturated rings. The van der Waals surface area contributed by atoms with E-state index in [-0.39, 0.29) is 5.91 Å². The highest BCUT2D eigenvalue weighted by Gasteiger charge is 2.29. The van der Waals surface area contributed by atoms with Crippen LogP contribution in [0.15, 0.2) is 54.6 Å². The van der Waals surface area contributed by atoms with Crippen LogP contribution in [-0.4, -0.2) is 23.9 Å². The average molecular weight is 324 g/mol. The quantitative estimate of drug-likeness (QED) is 0.816. The van der Waals surface area contributed by atoms with Crippen molar-refractivity contribution < 1.29 is 4.79 Å². The lowest BCUT2D eigenvalue weighted by Crippen LogP contribution is -2.34. The van der Waals surface area contributed by atoms with Gasteiger partial charge in [-0.05, 0) is 50.2 Å². The van der Waals surface area contributed by atoms with Crippen molar-refractivity contribution in [3.8, 4) is 0 Å². The van der Waals surface area contributed by atoms with Crippen LogP contribution < -0.4 is 5.32 Å². The summed E-state index contributed by atoms with van der Waals surface area (Å²) in [6.45, 7) is 11.2. The van der Waals surface area contributed by atoms with E-state index >= 15 is 0 Å². The first kappa shape index (κ1) is 18.2. The van der Waals surface area contributed by atoms with Crippen molar-refractivity contribution in [2.45, 2.75) is 39.7 Å². The molecule has 0 atom stereocenters. The third-order valence-electron chi connectivity index (χ3n) is 4.55. The third kappa shape index (κ3) is 4.45. The summed E-state index contributed by atoms with van der Waals surface area (Å²) in [5.41, 5.74) is 2.51. The first-order valence-electron chi connectivity index (χ1n) is 8.65. The molecule has 1 amide bonds. The second kappa shape index (κ2) is 8.11. The van der Waals surface area contributed by atoms with E-state index in [0.29, 0.717) is 0 Å². The predicted molar refractivity (Wildman–Crippen MR) is 101 cm³/mol. The molecule has 1 N–H and O–H groups in total. The highest BCUT2D eigenvalue weighted by atomic mass is 16.2. The maximum atomic E-state index is 12.8. The van der Waals surface area contributed by atoms with Gasteiger partial charge in [0, 0.05) is 12.2 Å². The van der Waals surface area contributed by atoms with Gasteiger partial charge in [0.25, 0.3) is 0 Å². The number of benzene rings is 2. The van der Waals surface area contributed by atoms with E-state index in [9.17, 15) is 4.79 Å². The molecule has 0 unspecified atom stereocenters. The lowest BCUT2D eigenvalue weighted by atomic mass is 9.83. The number of nitrogens with zero attached hydrogens (tertiary/aromatic N) is 1. The molecule has 0 saturated carbocycles. The Balaban J connectivity index is 2.12. The molecule has 2 aromatic rings. The minimum absolute atomic E-state index is 0.00805. The lowest BCUT2D eigenvalue weighted by Gasteiger charge is -2.24. The van der Waals surface area contributed by atoms with Gasteiger partial charge in [0.05, 0.1) is 5.41 Å². The molecular formula is C21H28N2O. The molecule has 2 rings (SSSR count). The van der Waals surface area contributed by atoms with Gasteiger partial charge in [-0.25, -0.2) is 0 Å². The van der Waals surface area contributed by atoms with E-state index in [2.05, 4.69) is 36.2 Å². The molecule has 2 aromatic carbocycles. The lowest BCUT2D eigenvalue weighted by molar-refractivity contribution is -0.120. The van der Waals surface area contributed by atoms with Crippen molar-refractivity contribution in [2.24, 2.45) is 0 Å². The summed E-state index contributed by atoms with van der Waals surface area (Å²) in [4.78, 5) is 15.1. The molecule has 0 aromatic heterocycles. The maximum Gasteiger partial charge on any atom is 0.234 e. The Labute approximate surface area is 145 Å². The van der Waals surface area contributed by atoms with Crippen molar-refractivity contribution in [1.29, 1.82) is 0 Å². The minimum atomic E-state index is -0.573. The second-order valence-electron chi connectivity index (χ2n) is 6.61. The van der Waals surface area contributed by atoms with E-state index in [4.69, 9.17) is 0 Å². The zero-order valence-corrected chi connectivity index (χ0v) is 15.2. The van der Waals surface area contributed by atoms with Crippen LogP contribution in [0, 0.1) is 0 Å². The van der Waals surface area contributed by atoms with Crippen LogP contribution in [0.5, 0.6) is 0 Å². The van der Waals surface area contributed by atoms with Crippen molar-refractivity contribution >= 4 is 11.6 Å². The fraction of sp³-hybridized carbons (Fsp3) is 0.381. The number of hydrogen-bond acceptors (Lipinski definition) is 2. The van der Waals surface area contributed by atoms with Crippen LogP contribution in [0.1, 0.15) is 38.8 Å². The summed E-state index contributed by atoms with van der Waals surface area (Å²) in [6.07, 6.45) is 0. The zero-order chi connectivity index (χ0) is 17.6. The molecule has 0 aliphatic rings. The van der Waals surface area contributed by atoms with Crippen molar-refractivity contribution in [2.75, 3.05) is 18.4 Å². The monoisotopic (exact) mass is 324 g/mol. The van der Waals surface area contributed by atoms with Gasteiger partial charge in [-0.15, -0.1) is 0 Å². The number of hydrogen-bond donors (Lipinski definition) is 1. The molecule has 24 heavy (non-hydrogen) atoms. The first-order valence-corrected chi connectivity index (χ1v) is 8.65. The van der Waals surface area contributed by atoms with E-state index < -0.39 is 5.41 Å². The van der Waals surface area contributed by atoms with Crippen LogP contribution in [0.25, 0.3) is 0 Å². The summed E-state index contributed by atoms with van der Waals surface area (Å²) < 4.78 is 0. The van der Waals surface area contributed by atoms with Gasteiger partial charge < -0.3 is 5.32 Å². The van der Waals surface area contributed by atoms with E-state index in [0.717, 1.165) is 30.9 Å². The Morgan fingerprint density at radius 1 is 1.00 bits per heavy atom. The normalized spacial score (nSPS) is 11.5. The maximum absolute atomic E-state index is 12.8. The largest absolute Gasteiger partial charge is 0.325 e. The van der Waals surface area contributed by atoms with E-state index in [1.165, 1.54) is 5.56 Å². The molecule has 128 valence electrons. The Morgan fingerprint density at radius 3 is 2.29 bits per heavy atom. The van der Waals surface area contributed by atoms with Crippen molar-refractivity contribution in [3.63, 3.8) is 0 Å². The van der Waals surface area contributed by atoms with Gasteiger partial charge in [0.2, 0.25) is 5.91 Å². The summed E-state index contributed by atoms with van der Waals surface area (Å²) in [5, 5.41) is 3.07. The van der Waals surface area contributed by atoms with Gasteiger partial charge in [-0.3, -0.25) is 9.69 Å². The molecule has 0 bridgehead atoms. The van der Waals surface area contributed by atoms with Gasteiger partial charge in [-0.1, -0.05) is 56.3 Å². The molecule has 3 heteroatoms. The molecule has 0 radical (unpaired) electrons. The number of carbonyl (C=O) groups excluding carboxylic acids is 1. The molecular weight excluding hydrogens is 296 g/mol. The van der Waals surface area contributed by atoms with Crippen LogP contribution in [0.2, 0.25) is 0 Å². The first-order chi connectivity index (χ1) is 11.5. The van der Waals surface area contributed by atoms with Gasteiger partial charge in [-0.2, -0.15) is 0 Å². The Kier molecular flexibility index (Phi) is 6.16. The number of carbonyl (C=O) groups is 1. The summed E-state index contributed by atoms with van der Waals surface area (Å²) in [7, 11) is 0. The van der Waals surface area contributed by atoms with Crippen LogP contribution >= 0.6 is 0 Å². The van der Waals surface area contributed by atoms with Gasteiger partial charge in [0.15, 0.2) is 0 Å². The number of anilines is 1. The Hall–Kier alpha value is -2.13. The third-order valence-corrected chi connectivity index (χ3v) is 4.55. The van der Waals surface area contributed by atoms with Crippen LogP contribution in [-0.2, 0) is 16.8 Å². The standard InChI is InChI=1S/C21H28N2O/c1-5-23(6-2)16-17-11-10-14-19(15-17)22-20(24)21(3,4)18-12-8-7-9-13-18/h7-15H,5-6,16H2,1-4H3,(H,22,24). The Morgan fingerprint density at radius 2 is 1.67 bits per heavy atom. The predicted octanol–water partition coefficient (Wildman–Crippen LogP) is 4.44. The minimum Gasteiger partial charge on any atom is -0.325 e. The fourth-order valence-electron chi connectivity index (χ4n) is 2.73. The zero-order valence-electron chi connectivity index (χ0n) is 15.2. The summed E-state index contributed by atoms with van der Waals surface area (Å²) >= 11 is 0. The molecule has 3 nitrogen and oxygen atoms in total. The molecule has 0 spiro atoms. The molecule has 0 heterocycles. The topological polar surface area (TPSA) is 32.3 Å². The van der Waals surface area contributed by atoms with Crippen molar-refractivity contribution in [1.82, 2.24) is 4.90 Å². The highest BCUT2D eigenvalue weighted by Crippen LogP contribution is 2.25. The second-order valence-corrected chi connectivity index (χ2v) is 6.61.